The standard InChI is InChI=1S/C13H26O4/c1-5-15-8-9-17-11-10-16-7-6-12(14)13(2,3)4/h5-11H2,1-4H3. The van der Waals surface area contributed by atoms with Crippen LogP contribution < -0.4 is 0 Å². The zero-order chi connectivity index (χ0) is 13.1. The van der Waals surface area contributed by atoms with Gasteiger partial charge in [0, 0.05) is 18.4 Å². The lowest BCUT2D eigenvalue weighted by molar-refractivity contribution is -0.127. The van der Waals surface area contributed by atoms with Crippen LogP contribution in [0.3, 0.4) is 0 Å². The van der Waals surface area contributed by atoms with E-state index in [1.54, 1.807) is 0 Å². The molecule has 0 saturated heterocycles. The molecule has 0 unspecified atom stereocenters. The molecule has 0 aromatic rings. The van der Waals surface area contributed by atoms with Gasteiger partial charge in [-0.05, 0) is 6.92 Å². The van der Waals surface area contributed by atoms with Crippen molar-refractivity contribution in [2.45, 2.75) is 34.1 Å². The third kappa shape index (κ3) is 10.4. The van der Waals surface area contributed by atoms with Gasteiger partial charge in [0.15, 0.2) is 0 Å². The molecule has 0 bridgehead atoms. The van der Waals surface area contributed by atoms with E-state index in [2.05, 4.69) is 0 Å². The lowest BCUT2D eigenvalue weighted by Crippen LogP contribution is -2.21. The maximum Gasteiger partial charge on any atom is 0.140 e. The molecule has 0 aromatic heterocycles. The second kappa shape index (κ2) is 9.57. The normalized spacial score (nSPS) is 11.8. The zero-order valence-electron chi connectivity index (χ0n) is 11.6. The van der Waals surface area contributed by atoms with Crippen molar-refractivity contribution in [3.63, 3.8) is 0 Å². The Morgan fingerprint density at radius 3 is 1.82 bits per heavy atom. The van der Waals surface area contributed by atoms with Gasteiger partial charge in [-0.25, -0.2) is 0 Å². The first-order chi connectivity index (χ1) is 7.98. The van der Waals surface area contributed by atoms with Gasteiger partial charge in [0.05, 0.1) is 33.0 Å². The monoisotopic (exact) mass is 246 g/mol. The molecule has 0 aliphatic heterocycles. The van der Waals surface area contributed by atoms with Gasteiger partial charge >= 0.3 is 0 Å². The average molecular weight is 246 g/mol. The van der Waals surface area contributed by atoms with Crippen LogP contribution in [-0.2, 0) is 19.0 Å². The van der Waals surface area contributed by atoms with Gasteiger partial charge in [-0.3, -0.25) is 4.79 Å². The van der Waals surface area contributed by atoms with Crippen LogP contribution in [-0.4, -0.2) is 45.4 Å². The molecule has 0 saturated carbocycles. The fraction of sp³-hybridized carbons (Fsp3) is 0.923. The summed E-state index contributed by atoms with van der Waals surface area (Å²) >= 11 is 0. The lowest BCUT2D eigenvalue weighted by Gasteiger charge is -2.16. The number of rotatable bonds is 10. The largest absolute Gasteiger partial charge is 0.379 e. The predicted molar refractivity (Wildman–Crippen MR) is 67.2 cm³/mol. The summed E-state index contributed by atoms with van der Waals surface area (Å²) in [6.45, 7) is 11.2. The highest BCUT2D eigenvalue weighted by molar-refractivity contribution is 5.83. The number of hydrogen-bond acceptors (Lipinski definition) is 4. The topological polar surface area (TPSA) is 44.8 Å². The molecule has 0 N–H and O–H groups in total. The molecule has 0 heterocycles. The van der Waals surface area contributed by atoms with Crippen LogP contribution in [0, 0.1) is 5.41 Å². The Morgan fingerprint density at radius 1 is 0.882 bits per heavy atom. The van der Waals surface area contributed by atoms with Crippen LogP contribution in [0.15, 0.2) is 0 Å². The first-order valence-electron chi connectivity index (χ1n) is 6.25. The molecule has 0 aliphatic carbocycles. The Balaban J connectivity index is 3.22. The number of carbonyl (C=O) groups is 1. The van der Waals surface area contributed by atoms with E-state index in [0.717, 1.165) is 6.61 Å². The fourth-order valence-electron chi connectivity index (χ4n) is 1.12. The summed E-state index contributed by atoms with van der Waals surface area (Å²) in [5.74, 6) is 0.231. The number of hydrogen-bond donors (Lipinski definition) is 0. The summed E-state index contributed by atoms with van der Waals surface area (Å²) in [6.07, 6.45) is 0.475. The molecule has 4 heteroatoms. The van der Waals surface area contributed by atoms with Crippen molar-refractivity contribution >= 4 is 5.78 Å². The molecule has 0 amide bonds. The quantitative estimate of drug-likeness (QED) is 0.553. The Hall–Kier alpha value is -0.450. The second-order valence-corrected chi connectivity index (χ2v) is 4.84. The fourth-order valence-corrected chi connectivity index (χ4v) is 1.12. The maximum atomic E-state index is 11.5. The summed E-state index contributed by atoms with van der Waals surface area (Å²) in [7, 11) is 0. The predicted octanol–water partition coefficient (Wildman–Crippen LogP) is 2.06. The molecule has 0 fully saturated rings. The molecule has 102 valence electrons. The molecule has 0 rings (SSSR count). The van der Waals surface area contributed by atoms with E-state index in [-0.39, 0.29) is 11.2 Å². The Bertz CT molecular complexity index is 196. The van der Waals surface area contributed by atoms with Gasteiger partial charge in [-0.2, -0.15) is 0 Å². The minimum atomic E-state index is -0.267. The summed E-state index contributed by atoms with van der Waals surface area (Å²) < 4.78 is 15.7. The molecule has 0 aromatic carbocycles. The number of ketones is 1. The van der Waals surface area contributed by atoms with Crippen LogP contribution in [0.5, 0.6) is 0 Å². The highest BCUT2D eigenvalue weighted by Gasteiger charge is 2.20. The highest BCUT2D eigenvalue weighted by atomic mass is 16.5. The average Bonchev–Trinajstić information content (AvgIpc) is 2.25. The van der Waals surface area contributed by atoms with E-state index in [1.165, 1.54) is 0 Å². The van der Waals surface area contributed by atoms with Crippen LogP contribution in [0.1, 0.15) is 34.1 Å². The molecule has 0 aliphatic rings. The molecule has 4 nitrogen and oxygen atoms in total. The Labute approximate surface area is 105 Å². The minimum Gasteiger partial charge on any atom is -0.379 e. The van der Waals surface area contributed by atoms with Gasteiger partial charge in [0.25, 0.3) is 0 Å². The lowest BCUT2D eigenvalue weighted by atomic mass is 9.89. The van der Waals surface area contributed by atoms with Gasteiger partial charge in [-0.15, -0.1) is 0 Å². The zero-order valence-corrected chi connectivity index (χ0v) is 11.6. The van der Waals surface area contributed by atoms with Crippen molar-refractivity contribution < 1.29 is 19.0 Å². The van der Waals surface area contributed by atoms with Gasteiger partial charge in [0.2, 0.25) is 0 Å². The summed E-state index contributed by atoms with van der Waals surface area (Å²) in [5.41, 5.74) is -0.267. The van der Waals surface area contributed by atoms with Crippen molar-refractivity contribution in [1.82, 2.24) is 0 Å². The molecular weight excluding hydrogens is 220 g/mol. The van der Waals surface area contributed by atoms with E-state index >= 15 is 0 Å². The maximum absolute atomic E-state index is 11.5. The Morgan fingerprint density at radius 2 is 1.35 bits per heavy atom. The molecule has 0 radical (unpaired) electrons. The first kappa shape index (κ1) is 16.6. The third-order valence-corrected chi connectivity index (χ3v) is 2.26. The van der Waals surface area contributed by atoms with E-state index in [1.807, 2.05) is 27.7 Å². The summed E-state index contributed by atoms with van der Waals surface area (Å²) in [6, 6.07) is 0. The highest BCUT2D eigenvalue weighted by Crippen LogP contribution is 2.16. The smallest absolute Gasteiger partial charge is 0.140 e. The van der Waals surface area contributed by atoms with Crippen molar-refractivity contribution in [2.24, 2.45) is 5.41 Å². The number of carbonyl (C=O) groups excluding carboxylic acids is 1. The summed E-state index contributed by atoms with van der Waals surface area (Å²) in [4.78, 5) is 11.5. The van der Waals surface area contributed by atoms with E-state index < -0.39 is 0 Å². The SMILES string of the molecule is CCOCCOCCOCCC(=O)C(C)(C)C. The molecule has 0 spiro atoms. The van der Waals surface area contributed by atoms with E-state index in [4.69, 9.17) is 14.2 Å². The van der Waals surface area contributed by atoms with Crippen LogP contribution in [0.25, 0.3) is 0 Å². The van der Waals surface area contributed by atoms with Crippen LogP contribution in [0.4, 0.5) is 0 Å². The second-order valence-electron chi connectivity index (χ2n) is 4.84. The number of Topliss-reactive ketones (excluding diaryl/α,β-unsaturated/α-hetero) is 1. The number of ether oxygens (including phenoxy) is 3. The van der Waals surface area contributed by atoms with Gasteiger partial charge < -0.3 is 14.2 Å². The molecule has 17 heavy (non-hydrogen) atoms. The van der Waals surface area contributed by atoms with Crippen molar-refractivity contribution in [3.05, 3.63) is 0 Å². The van der Waals surface area contributed by atoms with Gasteiger partial charge in [-0.1, -0.05) is 20.8 Å². The Kier molecular flexibility index (Phi) is 9.31. The van der Waals surface area contributed by atoms with Crippen LogP contribution >= 0.6 is 0 Å². The summed E-state index contributed by atoms with van der Waals surface area (Å²) in [5, 5.41) is 0. The third-order valence-electron chi connectivity index (χ3n) is 2.26. The van der Waals surface area contributed by atoms with Crippen molar-refractivity contribution in [3.8, 4) is 0 Å². The van der Waals surface area contributed by atoms with Crippen molar-refractivity contribution in [1.29, 1.82) is 0 Å². The first-order valence-corrected chi connectivity index (χ1v) is 6.25. The van der Waals surface area contributed by atoms with Crippen molar-refractivity contribution in [2.75, 3.05) is 39.6 Å². The van der Waals surface area contributed by atoms with E-state index in [9.17, 15) is 4.79 Å². The van der Waals surface area contributed by atoms with Crippen LogP contribution in [0.2, 0.25) is 0 Å². The van der Waals surface area contributed by atoms with Gasteiger partial charge in [0.1, 0.15) is 5.78 Å². The molecular formula is C13H26O4. The molecule has 0 atom stereocenters. The van der Waals surface area contributed by atoms with E-state index in [0.29, 0.717) is 39.5 Å². The minimum absolute atomic E-state index is 0.231.